The number of carbonyl (C=O) groups is 4. The van der Waals surface area contributed by atoms with Gasteiger partial charge in [0.2, 0.25) is 5.91 Å². The molecule has 0 unspecified atom stereocenters. The van der Waals surface area contributed by atoms with Gasteiger partial charge in [-0.1, -0.05) is 0 Å². The summed E-state index contributed by atoms with van der Waals surface area (Å²) in [6.07, 6.45) is 1.05. The predicted octanol–water partition coefficient (Wildman–Crippen LogP) is 2.53. The fraction of sp³-hybridized carbons (Fsp3) is 0.304. The monoisotopic (exact) mass is 468 g/mol. The number of aromatic amines is 1. The van der Waals surface area contributed by atoms with Crippen molar-refractivity contribution >= 4 is 46.5 Å². The summed E-state index contributed by atoms with van der Waals surface area (Å²) < 4.78 is 5.09. The van der Waals surface area contributed by atoms with Gasteiger partial charge in [0, 0.05) is 35.4 Å². The molecular weight excluding hydrogens is 440 g/mol. The SMILES string of the molecule is C/C(=C1/C(=O)Nc2ccc(NC(N)=O)cc21)c1cc(CNC(=O)CNC(=O)OC(C)(C)C)c[nH]1. The van der Waals surface area contributed by atoms with Crippen LogP contribution in [0.3, 0.4) is 0 Å². The molecule has 34 heavy (non-hydrogen) atoms. The van der Waals surface area contributed by atoms with Crippen molar-refractivity contribution in [3.8, 4) is 0 Å². The number of amides is 5. The molecule has 2 heterocycles. The number of nitrogens with two attached hydrogens (primary N) is 1. The third-order valence-corrected chi connectivity index (χ3v) is 4.84. The molecule has 11 nitrogen and oxygen atoms in total. The molecule has 0 saturated heterocycles. The first-order chi connectivity index (χ1) is 15.9. The third kappa shape index (κ3) is 6.15. The molecule has 0 fully saturated rings. The number of rotatable bonds is 6. The highest BCUT2D eigenvalue weighted by Gasteiger charge is 2.27. The second-order valence-corrected chi connectivity index (χ2v) is 8.76. The van der Waals surface area contributed by atoms with Crippen LogP contribution in [0.15, 0.2) is 30.5 Å². The molecule has 1 aromatic heterocycles. The van der Waals surface area contributed by atoms with E-state index in [4.69, 9.17) is 10.5 Å². The molecule has 1 aliphatic rings. The number of aromatic nitrogens is 1. The second kappa shape index (κ2) is 9.69. The first-order valence-corrected chi connectivity index (χ1v) is 10.6. The van der Waals surface area contributed by atoms with Crippen LogP contribution >= 0.6 is 0 Å². The lowest BCUT2D eigenvalue weighted by molar-refractivity contribution is -0.120. The van der Waals surface area contributed by atoms with E-state index in [9.17, 15) is 19.2 Å². The van der Waals surface area contributed by atoms with Gasteiger partial charge in [0.25, 0.3) is 5.91 Å². The topological polar surface area (TPSA) is 167 Å². The van der Waals surface area contributed by atoms with Gasteiger partial charge in [-0.15, -0.1) is 0 Å². The van der Waals surface area contributed by atoms with Gasteiger partial charge in [-0.25, -0.2) is 9.59 Å². The Morgan fingerprint density at radius 3 is 2.53 bits per heavy atom. The van der Waals surface area contributed by atoms with Crippen molar-refractivity contribution in [3.05, 3.63) is 47.3 Å². The fourth-order valence-corrected chi connectivity index (χ4v) is 3.38. The highest BCUT2D eigenvalue weighted by molar-refractivity contribution is 6.36. The van der Waals surface area contributed by atoms with E-state index >= 15 is 0 Å². The van der Waals surface area contributed by atoms with Crippen LogP contribution in [0.5, 0.6) is 0 Å². The Bertz CT molecular complexity index is 1170. The van der Waals surface area contributed by atoms with Crippen LogP contribution in [0, 0.1) is 0 Å². The van der Waals surface area contributed by atoms with Crippen LogP contribution in [0.2, 0.25) is 0 Å². The average molecular weight is 469 g/mol. The summed E-state index contributed by atoms with van der Waals surface area (Å²) in [6.45, 7) is 7.02. The maximum Gasteiger partial charge on any atom is 0.408 e. The molecule has 180 valence electrons. The summed E-state index contributed by atoms with van der Waals surface area (Å²) in [7, 11) is 0. The van der Waals surface area contributed by atoms with Gasteiger partial charge in [0.05, 0.1) is 5.57 Å². The van der Waals surface area contributed by atoms with Crippen molar-refractivity contribution in [1.82, 2.24) is 15.6 Å². The quantitative estimate of drug-likeness (QED) is 0.358. The van der Waals surface area contributed by atoms with Crippen molar-refractivity contribution in [2.24, 2.45) is 5.73 Å². The smallest absolute Gasteiger partial charge is 0.408 e. The minimum atomic E-state index is -0.697. The number of nitrogens with one attached hydrogen (secondary N) is 5. The molecule has 0 spiro atoms. The number of allylic oxidation sites excluding steroid dienone is 1. The standard InChI is InChI=1S/C23H28N6O5/c1-12(19-15-8-14(28-21(24)32)5-6-16(15)29-20(19)31)17-7-13(9-25-17)10-26-18(30)11-27-22(33)34-23(2,3)4/h5-9,25H,10-11H2,1-4H3,(H,26,30)(H,27,33)(H,29,31)(H3,24,28,32)/b19-12-. The molecule has 11 heteroatoms. The van der Waals surface area contributed by atoms with Crippen molar-refractivity contribution < 1.29 is 23.9 Å². The zero-order chi connectivity index (χ0) is 25.0. The number of anilines is 2. The van der Waals surface area contributed by atoms with Crippen LogP contribution in [0.25, 0.3) is 11.1 Å². The molecular formula is C23H28N6O5. The Hall–Kier alpha value is -4.28. The third-order valence-electron chi connectivity index (χ3n) is 4.84. The summed E-state index contributed by atoms with van der Waals surface area (Å²) in [4.78, 5) is 50.6. The van der Waals surface area contributed by atoms with Gasteiger partial charge < -0.3 is 36.7 Å². The zero-order valence-electron chi connectivity index (χ0n) is 19.4. The number of ether oxygens (including phenoxy) is 1. The molecule has 1 aromatic carbocycles. The Labute approximate surface area is 196 Å². The lowest BCUT2D eigenvalue weighted by Crippen LogP contribution is -2.39. The number of carbonyl (C=O) groups excluding carboxylic acids is 4. The highest BCUT2D eigenvalue weighted by atomic mass is 16.6. The van der Waals surface area contributed by atoms with Gasteiger partial charge in [0.15, 0.2) is 0 Å². The average Bonchev–Trinajstić information content (AvgIpc) is 3.32. The van der Waals surface area contributed by atoms with E-state index in [1.165, 1.54) is 0 Å². The Balaban J connectivity index is 1.66. The maximum absolute atomic E-state index is 12.6. The van der Waals surface area contributed by atoms with Crippen LogP contribution < -0.4 is 27.0 Å². The summed E-state index contributed by atoms with van der Waals surface area (Å²) in [5.41, 5.74) is 8.92. The predicted molar refractivity (Wildman–Crippen MR) is 128 cm³/mol. The van der Waals surface area contributed by atoms with E-state index in [2.05, 4.69) is 26.3 Å². The molecule has 5 amide bonds. The summed E-state index contributed by atoms with van der Waals surface area (Å²) in [5, 5.41) is 10.4. The van der Waals surface area contributed by atoms with Crippen LogP contribution in [-0.2, 0) is 20.9 Å². The lowest BCUT2D eigenvalue weighted by atomic mass is 9.99. The largest absolute Gasteiger partial charge is 0.444 e. The molecule has 0 saturated carbocycles. The number of primary amides is 1. The Morgan fingerprint density at radius 1 is 1.12 bits per heavy atom. The van der Waals surface area contributed by atoms with Gasteiger partial charge in [0.1, 0.15) is 12.1 Å². The van der Waals surface area contributed by atoms with E-state index < -0.39 is 17.7 Å². The number of benzene rings is 1. The minimum Gasteiger partial charge on any atom is -0.444 e. The summed E-state index contributed by atoms with van der Waals surface area (Å²) in [5.74, 6) is -0.636. The number of alkyl carbamates (subject to hydrolysis) is 1. The van der Waals surface area contributed by atoms with Crippen molar-refractivity contribution in [2.45, 2.75) is 39.8 Å². The van der Waals surface area contributed by atoms with Crippen LogP contribution in [-0.4, -0.2) is 41.1 Å². The first kappa shape index (κ1) is 24.4. The van der Waals surface area contributed by atoms with Crippen LogP contribution in [0.1, 0.15) is 44.5 Å². The van der Waals surface area contributed by atoms with E-state index in [-0.39, 0.29) is 24.9 Å². The minimum absolute atomic E-state index is 0.214. The highest BCUT2D eigenvalue weighted by Crippen LogP contribution is 2.38. The summed E-state index contributed by atoms with van der Waals surface area (Å²) in [6, 6.07) is 6.14. The molecule has 2 aromatic rings. The molecule has 7 N–H and O–H groups in total. The second-order valence-electron chi connectivity index (χ2n) is 8.76. The summed E-state index contributed by atoms with van der Waals surface area (Å²) >= 11 is 0. The molecule has 1 aliphatic heterocycles. The van der Waals surface area contributed by atoms with Crippen LogP contribution in [0.4, 0.5) is 21.0 Å². The zero-order valence-corrected chi connectivity index (χ0v) is 19.4. The number of hydrogen-bond acceptors (Lipinski definition) is 5. The van der Waals surface area contributed by atoms with Crippen molar-refractivity contribution in [2.75, 3.05) is 17.2 Å². The number of hydrogen-bond donors (Lipinski definition) is 6. The lowest BCUT2D eigenvalue weighted by Gasteiger charge is -2.19. The number of urea groups is 1. The van der Waals surface area contributed by atoms with E-state index in [0.29, 0.717) is 33.8 Å². The van der Waals surface area contributed by atoms with E-state index in [1.54, 1.807) is 52.1 Å². The molecule has 0 radical (unpaired) electrons. The number of fused-ring (bicyclic) bond motifs is 1. The van der Waals surface area contributed by atoms with Crippen molar-refractivity contribution in [3.63, 3.8) is 0 Å². The molecule has 0 bridgehead atoms. The Morgan fingerprint density at radius 2 is 1.85 bits per heavy atom. The maximum atomic E-state index is 12.6. The molecule has 3 rings (SSSR count). The molecule has 0 atom stereocenters. The van der Waals surface area contributed by atoms with Gasteiger partial charge in [-0.05, 0) is 63.1 Å². The van der Waals surface area contributed by atoms with Gasteiger partial charge in [-0.3, -0.25) is 9.59 Å². The van der Waals surface area contributed by atoms with E-state index in [0.717, 1.165) is 5.56 Å². The Kier molecular flexibility index (Phi) is 6.94. The van der Waals surface area contributed by atoms with E-state index in [1.807, 2.05) is 6.07 Å². The normalized spacial score (nSPS) is 14.1. The molecule has 0 aliphatic carbocycles. The fourth-order valence-electron chi connectivity index (χ4n) is 3.38. The van der Waals surface area contributed by atoms with Gasteiger partial charge >= 0.3 is 12.1 Å². The number of H-pyrrole nitrogens is 1. The van der Waals surface area contributed by atoms with Gasteiger partial charge in [-0.2, -0.15) is 0 Å². The van der Waals surface area contributed by atoms with Crippen molar-refractivity contribution in [1.29, 1.82) is 0 Å². The first-order valence-electron chi connectivity index (χ1n) is 10.6.